The molecule has 0 unspecified atom stereocenters. The van der Waals surface area contributed by atoms with Crippen LogP contribution in [0.15, 0.2) is 60.7 Å². The predicted molar refractivity (Wildman–Crippen MR) is 202 cm³/mol. The fourth-order valence-electron chi connectivity index (χ4n) is 5.88. The van der Waals surface area contributed by atoms with E-state index in [1.807, 2.05) is 12.1 Å². The lowest BCUT2D eigenvalue weighted by molar-refractivity contribution is -0.273. The van der Waals surface area contributed by atoms with Crippen molar-refractivity contribution in [3.8, 4) is 0 Å². The molecule has 18 nitrogen and oxygen atoms in total. The van der Waals surface area contributed by atoms with E-state index in [1.54, 1.807) is 48.5 Å². The smallest absolute Gasteiger partial charge is 0.243 e. The van der Waals surface area contributed by atoms with Gasteiger partial charge in [0.15, 0.2) is 12.6 Å². The summed E-state index contributed by atoms with van der Waals surface area (Å²) in [6.45, 7) is 1.18. The number of benzene rings is 2. The normalized spacial score (nSPS) is 28.7. The molecule has 0 spiro atoms. The lowest BCUT2D eigenvalue weighted by Crippen LogP contribution is -2.66. The largest absolute Gasteiger partial charge is 0.394 e. The first-order chi connectivity index (χ1) is 26.8. The second-order valence-electron chi connectivity index (χ2n) is 13.2. The summed E-state index contributed by atoms with van der Waals surface area (Å²) in [5.41, 5.74) is 1.51. The number of rotatable bonds is 19. The second-order valence-corrected chi connectivity index (χ2v) is 15.7. The van der Waals surface area contributed by atoms with Gasteiger partial charge >= 0.3 is 0 Å². The molecule has 0 saturated carbocycles. The third kappa shape index (κ3) is 13.1. The maximum atomic E-state index is 13.5. The number of ether oxygens (including phenoxy) is 4. The van der Waals surface area contributed by atoms with Gasteiger partial charge in [-0.3, -0.25) is 19.2 Å². The molecule has 2 heterocycles. The number of amides is 4. The molecule has 0 aliphatic carbocycles. The summed E-state index contributed by atoms with van der Waals surface area (Å²) in [5, 5.41) is 72.6. The molecule has 2 aliphatic rings. The first-order valence-electron chi connectivity index (χ1n) is 17.8. The van der Waals surface area contributed by atoms with Crippen LogP contribution in [-0.4, -0.2) is 152 Å². The fourth-order valence-corrected chi connectivity index (χ4v) is 8.21. The highest BCUT2D eigenvalue weighted by Crippen LogP contribution is 2.27. The minimum absolute atomic E-state index is 0.0152. The highest BCUT2D eigenvalue weighted by atomic mass is 33.1. The maximum absolute atomic E-state index is 13.5. The number of aliphatic hydroxyl groups excluding tert-OH is 6. The molecule has 2 aliphatic heterocycles. The molecule has 0 bridgehead atoms. The zero-order chi connectivity index (χ0) is 40.8. The Labute approximate surface area is 331 Å². The molecule has 2 fully saturated rings. The molecule has 56 heavy (non-hydrogen) atoms. The molecule has 10 N–H and O–H groups in total. The quantitative estimate of drug-likeness (QED) is 0.0525. The van der Waals surface area contributed by atoms with Crippen molar-refractivity contribution in [3.05, 3.63) is 71.8 Å². The standard InChI is InChI=1S/C36H50N4O14S2/c1-19(43)37-23(33(49)39-27-31(47)29(45)25(13-41)53-35(27)51-15-21-9-5-3-6-10-21)17-55-56-18-24(38-20(2)44)34(50)40-28-32(48)30(46)26(14-42)54-36(28)52-16-22-11-7-4-8-12-22/h3-12,23-32,35-36,41-42,45-48H,13-18H2,1-2H3,(H,37,43)(H,38,44)(H,39,49)(H,40,50)/t23-,24-,25+,26+,27+,28+,29+,30+,31+,32+,35-,36-/m0/s1. The summed E-state index contributed by atoms with van der Waals surface area (Å²) in [4.78, 5) is 51.3. The number of carbonyl (C=O) groups excluding carboxylic acids is 4. The Bertz CT molecular complexity index is 1440. The second kappa shape index (κ2) is 22.5. The van der Waals surface area contributed by atoms with Crippen LogP contribution in [0.4, 0.5) is 0 Å². The van der Waals surface area contributed by atoms with Gasteiger partial charge in [0.2, 0.25) is 23.6 Å². The average Bonchev–Trinajstić information content (AvgIpc) is 3.18. The summed E-state index contributed by atoms with van der Waals surface area (Å²) in [6.07, 6.45) is -11.4. The van der Waals surface area contributed by atoms with E-state index >= 15 is 0 Å². The van der Waals surface area contributed by atoms with Crippen molar-refractivity contribution in [1.82, 2.24) is 21.3 Å². The third-order valence-electron chi connectivity index (χ3n) is 8.83. The van der Waals surface area contributed by atoms with E-state index in [-0.39, 0.29) is 24.7 Å². The van der Waals surface area contributed by atoms with Crippen LogP contribution in [0.5, 0.6) is 0 Å². The van der Waals surface area contributed by atoms with E-state index < -0.39 is 110 Å². The summed E-state index contributed by atoms with van der Waals surface area (Å²) in [7, 11) is 2.15. The highest BCUT2D eigenvalue weighted by Gasteiger charge is 2.47. The van der Waals surface area contributed by atoms with Crippen LogP contribution in [0.1, 0.15) is 25.0 Å². The van der Waals surface area contributed by atoms with Crippen LogP contribution in [0.2, 0.25) is 0 Å². The highest BCUT2D eigenvalue weighted by molar-refractivity contribution is 8.76. The van der Waals surface area contributed by atoms with Crippen LogP contribution in [-0.2, 0) is 51.3 Å². The number of aliphatic hydroxyl groups is 6. The molecule has 4 rings (SSSR count). The van der Waals surface area contributed by atoms with Gasteiger partial charge in [0, 0.05) is 25.4 Å². The number of hydrogen-bond acceptors (Lipinski definition) is 16. The van der Waals surface area contributed by atoms with Crippen molar-refractivity contribution in [1.29, 1.82) is 0 Å². The molecular weight excluding hydrogens is 777 g/mol. The van der Waals surface area contributed by atoms with Gasteiger partial charge < -0.3 is 70.9 Å². The molecule has 0 radical (unpaired) electrons. The van der Waals surface area contributed by atoms with E-state index in [4.69, 9.17) is 18.9 Å². The SMILES string of the molecule is CC(=O)N[C@@H](CSSC[C@H](NC(C)=O)C(=O)N[C@H]1[C@@H](OCc2ccccc2)O[C@H](CO)[C@@H](O)[C@@H]1O)C(=O)N[C@H]1[C@@H](OCc2ccccc2)O[C@H](CO)[C@@H](O)[C@@H]1O. The first kappa shape index (κ1) is 45.3. The predicted octanol–water partition coefficient (Wildman–Crippen LogP) is -2.34. The topological polar surface area (TPSA) is 275 Å². The van der Waals surface area contributed by atoms with E-state index in [1.165, 1.54) is 13.8 Å². The van der Waals surface area contributed by atoms with Crippen molar-refractivity contribution < 1.29 is 68.8 Å². The van der Waals surface area contributed by atoms with E-state index in [2.05, 4.69) is 21.3 Å². The fraction of sp³-hybridized carbons (Fsp3) is 0.556. The molecule has 0 aromatic heterocycles. The van der Waals surface area contributed by atoms with Crippen LogP contribution in [0.3, 0.4) is 0 Å². The van der Waals surface area contributed by atoms with Crippen LogP contribution >= 0.6 is 21.6 Å². The Morgan fingerprint density at radius 2 is 0.982 bits per heavy atom. The van der Waals surface area contributed by atoms with Crippen LogP contribution < -0.4 is 21.3 Å². The number of hydrogen-bond donors (Lipinski definition) is 10. The van der Waals surface area contributed by atoms with Crippen molar-refractivity contribution in [2.24, 2.45) is 0 Å². The zero-order valence-electron chi connectivity index (χ0n) is 30.7. The van der Waals surface area contributed by atoms with Crippen molar-refractivity contribution in [3.63, 3.8) is 0 Å². The van der Waals surface area contributed by atoms with Crippen molar-refractivity contribution in [2.75, 3.05) is 24.7 Å². The number of nitrogens with one attached hydrogen (secondary N) is 4. The van der Waals surface area contributed by atoms with Gasteiger partial charge in [-0.2, -0.15) is 0 Å². The Hall–Kier alpha value is -3.38. The monoisotopic (exact) mass is 826 g/mol. The Balaban J connectivity index is 1.39. The average molecular weight is 827 g/mol. The van der Waals surface area contributed by atoms with Gasteiger partial charge in [-0.15, -0.1) is 0 Å². The van der Waals surface area contributed by atoms with E-state index in [0.29, 0.717) is 0 Å². The van der Waals surface area contributed by atoms with Crippen LogP contribution in [0, 0.1) is 0 Å². The molecular formula is C36H50N4O14S2. The molecule has 2 aromatic rings. The minimum atomic E-state index is -1.62. The lowest BCUT2D eigenvalue weighted by atomic mass is 9.96. The maximum Gasteiger partial charge on any atom is 0.243 e. The molecule has 20 heteroatoms. The van der Waals surface area contributed by atoms with Gasteiger partial charge in [-0.05, 0) is 11.1 Å². The van der Waals surface area contributed by atoms with Gasteiger partial charge in [-0.1, -0.05) is 82.3 Å². The Morgan fingerprint density at radius 1 is 0.625 bits per heavy atom. The molecule has 2 aromatic carbocycles. The molecule has 12 atom stereocenters. The minimum Gasteiger partial charge on any atom is -0.394 e. The third-order valence-corrected chi connectivity index (χ3v) is 11.3. The summed E-state index contributed by atoms with van der Waals surface area (Å²) in [6, 6.07) is 13.0. The van der Waals surface area contributed by atoms with Crippen LogP contribution in [0.25, 0.3) is 0 Å². The summed E-state index contributed by atoms with van der Waals surface area (Å²) < 4.78 is 23.1. The van der Waals surface area contributed by atoms with Gasteiger partial charge in [0.05, 0.1) is 26.4 Å². The summed E-state index contributed by atoms with van der Waals surface area (Å²) in [5.74, 6) is -2.74. The molecule has 2 saturated heterocycles. The lowest BCUT2D eigenvalue weighted by Gasteiger charge is -2.42. The molecule has 4 amide bonds. The van der Waals surface area contributed by atoms with Gasteiger partial charge in [-0.25, -0.2) is 0 Å². The Kier molecular flexibility index (Phi) is 18.2. The van der Waals surface area contributed by atoms with Gasteiger partial charge in [0.1, 0.15) is 60.8 Å². The molecule has 310 valence electrons. The van der Waals surface area contributed by atoms with Gasteiger partial charge in [0.25, 0.3) is 0 Å². The first-order valence-corrected chi connectivity index (χ1v) is 20.3. The number of carbonyl (C=O) groups is 4. The Morgan fingerprint density at radius 3 is 1.30 bits per heavy atom. The van der Waals surface area contributed by atoms with E-state index in [0.717, 1.165) is 32.7 Å². The van der Waals surface area contributed by atoms with Crippen molar-refractivity contribution in [2.45, 2.75) is 100 Å². The van der Waals surface area contributed by atoms with E-state index in [9.17, 15) is 49.8 Å². The van der Waals surface area contributed by atoms with Crippen molar-refractivity contribution >= 4 is 45.2 Å². The zero-order valence-corrected chi connectivity index (χ0v) is 32.3. The summed E-state index contributed by atoms with van der Waals surface area (Å²) >= 11 is 0.